The molecule has 3 nitrogen and oxygen atoms in total. The molecule has 1 aliphatic heterocycles. The van der Waals surface area contributed by atoms with E-state index in [9.17, 15) is 13.2 Å². The SMILES string of the molecule is N#CC1CCCOC1c1ccc(OC(F)(F)F)cc1. The van der Waals surface area contributed by atoms with E-state index in [2.05, 4.69) is 10.8 Å². The van der Waals surface area contributed by atoms with Gasteiger partial charge in [0.05, 0.1) is 18.1 Å². The number of ether oxygens (including phenoxy) is 2. The quantitative estimate of drug-likeness (QED) is 0.825. The van der Waals surface area contributed by atoms with Crippen molar-refractivity contribution in [1.29, 1.82) is 5.26 Å². The molecule has 0 amide bonds. The maximum absolute atomic E-state index is 12.0. The maximum atomic E-state index is 12.0. The molecule has 0 saturated carbocycles. The van der Waals surface area contributed by atoms with E-state index in [1.54, 1.807) is 0 Å². The van der Waals surface area contributed by atoms with Crippen LogP contribution in [0.3, 0.4) is 0 Å². The van der Waals surface area contributed by atoms with Crippen LogP contribution in [0.1, 0.15) is 24.5 Å². The van der Waals surface area contributed by atoms with Crippen LogP contribution < -0.4 is 4.74 Å². The van der Waals surface area contributed by atoms with E-state index in [1.165, 1.54) is 24.3 Å². The van der Waals surface area contributed by atoms with Gasteiger partial charge in [0, 0.05) is 6.61 Å². The molecule has 102 valence electrons. The van der Waals surface area contributed by atoms with E-state index in [-0.39, 0.29) is 17.8 Å². The number of hydrogen-bond acceptors (Lipinski definition) is 3. The average molecular weight is 271 g/mol. The predicted octanol–water partition coefficient (Wildman–Crippen LogP) is 3.58. The third kappa shape index (κ3) is 3.61. The summed E-state index contributed by atoms with van der Waals surface area (Å²) in [4.78, 5) is 0. The van der Waals surface area contributed by atoms with Gasteiger partial charge in [-0.2, -0.15) is 5.26 Å². The van der Waals surface area contributed by atoms with Crippen LogP contribution in [0.5, 0.6) is 5.75 Å². The third-order valence-corrected chi connectivity index (χ3v) is 2.93. The van der Waals surface area contributed by atoms with Gasteiger partial charge in [-0.15, -0.1) is 13.2 Å². The van der Waals surface area contributed by atoms with Crippen molar-refractivity contribution in [3.05, 3.63) is 29.8 Å². The van der Waals surface area contributed by atoms with E-state index >= 15 is 0 Å². The van der Waals surface area contributed by atoms with Gasteiger partial charge in [0.2, 0.25) is 0 Å². The second kappa shape index (κ2) is 5.49. The Kier molecular flexibility index (Phi) is 3.96. The van der Waals surface area contributed by atoms with Gasteiger partial charge in [-0.25, -0.2) is 0 Å². The van der Waals surface area contributed by atoms with Crippen molar-refractivity contribution in [2.24, 2.45) is 5.92 Å². The lowest BCUT2D eigenvalue weighted by atomic mass is 9.91. The highest BCUT2D eigenvalue weighted by atomic mass is 19.4. The Balaban J connectivity index is 2.11. The van der Waals surface area contributed by atoms with Crippen molar-refractivity contribution in [2.75, 3.05) is 6.61 Å². The number of benzene rings is 1. The summed E-state index contributed by atoms with van der Waals surface area (Å²) >= 11 is 0. The normalized spacial score (nSPS) is 23.7. The van der Waals surface area contributed by atoms with E-state index < -0.39 is 6.36 Å². The van der Waals surface area contributed by atoms with Gasteiger partial charge in [-0.05, 0) is 30.5 Å². The fourth-order valence-electron chi connectivity index (χ4n) is 2.10. The van der Waals surface area contributed by atoms with Crippen molar-refractivity contribution >= 4 is 0 Å². The van der Waals surface area contributed by atoms with Gasteiger partial charge in [-0.1, -0.05) is 12.1 Å². The number of halogens is 3. The molecule has 0 spiro atoms. The number of alkyl halides is 3. The van der Waals surface area contributed by atoms with Crippen LogP contribution in [0, 0.1) is 17.2 Å². The molecule has 2 unspecified atom stereocenters. The molecule has 2 rings (SSSR count). The molecule has 6 heteroatoms. The molecular formula is C13H12F3NO2. The fraction of sp³-hybridized carbons (Fsp3) is 0.462. The van der Waals surface area contributed by atoms with Crippen LogP contribution in [-0.2, 0) is 4.74 Å². The van der Waals surface area contributed by atoms with Crippen molar-refractivity contribution in [2.45, 2.75) is 25.3 Å². The molecule has 1 aromatic carbocycles. The first-order valence-corrected chi connectivity index (χ1v) is 5.86. The first-order valence-electron chi connectivity index (χ1n) is 5.86. The predicted molar refractivity (Wildman–Crippen MR) is 60.2 cm³/mol. The minimum atomic E-state index is -4.70. The van der Waals surface area contributed by atoms with E-state index in [0.29, 0.717) is 12.2 Å². The fourth-order valence-corrected chi connectivity index (χ4v) is 2.10. The smallest absolute Gasteiger partial charge is 0.406 e. The summed E-state index contributed by atoms with van der Waals surface area (Å²) < 4.78 is 45.4. The number of nitrogens with zero attached hydrogens (tertiary/aromatic N) is 1. The summed E-state index contributed by atoms with van der Waals surface area (Å²) in [6, 6.07) is 7.63. The van der Waals surface area contributed by atoms with Gasteiger partial charge < -0.3 is 9.47 Å². The molecule has 1 heterocycles. The van der Waals surface area contributed by atoms with Crippen molar-refractivity contribution in [3.63, 3.8) is 0 Å². The van der Waals surface area contributed by atoms with Crippen molar-refractivity contribution in [1.82, 2.24) is 0 Å². The molecule has 0 N–H and O–H groups in total. The zero-order chi connectivity index (χ0) is 13.9. The number of nitriles is 1. The van der Waals surface area contributed by atoms with E-state index in [1.807, 2.05) is 0 Å². The van der Waals surface area contributed by atoms with Gasteiger partial charge in [0.1, 0.15) is 5.75 Å². The van der Waals surface area contributed by atoms with Gasteiger partial charge in [0.15, 0.2) is 0 Å². The first kappa shape index (κ1) is 13.7. The molecule has 1 aliphatic rings. The first-order chi connectivity index (χ1) is 8.99. The third-order valence-electron chi connectivity index (χ3n) is 2.93. The van der Waals surface area contributed by atoms with Gasteiger partial charge >= 0.3 is 6.36 Å². The summed E-state index contributed by atoms with van der Waals surface area (Å²) in [6.45, 7) is 0.559. The Morgan fingerprint density at radius 2 is 1.95 bits per heavy atom. The molecule has 1 saturated heterocycles. The second-order valence-corrected chi connectivity index (χ2v) is 4.29. The highest BCUT2D eigenvalue weighted by Crippen LogP contribution is 2.34. The Hall–Kier alpha value is -1.74. The summed E-state index contributed by atoms with van der Waals surface area (Å²) in [5, 5.41) is 9.03. The Bertz CT molecular complexity index is 464. The van der Waals surface area contributed by atoms with Crippen molar-refractivity contribution in [3.8, 4) is 11.8 Å². The molecule has 1 fully saturated rings. The number of hydrogen-bond donors (Lipinski definition) is 0. The van der Waals surface area contributed by atoms with Crippen LogP contribution in [0.4, 0.5) is 13.2 Å². The number of rotatable bonds is 2. The Morgan fingerprint density at radius 1 is 1.26 bits per heavy atom. The van der Waals surface area contributed by atoms with Crippen molar-refractivity contribution < 1.29 is 22.6 Å². The minimum absolute atomic E-state index is 0.261. The van der Waals surface area contributed by atoms with Crippen LogP contribution in [0.15, 0.2) is 24.3 Å². The lowest BCUT2D eigenvalue weighted by molar-refractivity contribution is -0.274. The molecule has 0 bridgehead atoms. The largest absolute Gasteiger partial charge is 0.573 e. The monoisotopic (exact) mass is 271 g/mol. The van der Waals surface area contributed by atoms with Crippen LogP contribution >= 0.6 is 0 Å². The molecule has 1 aromatic rings. The summed E-state index contributed by atoms with van der Waals surface area (Å²) in [6.07, 6.45) is -3.51. The summed E-state index contributed by atoms with van der Waals surface area (Å²) in [7, 11) is 0. The van der Waals surface area contributed by atoms with Gasteiger partial charge in [0.25, 0.3) is 0 Å². The Morgan fingerprint density at radius 3 is 2.53 bits per heavy atom. The Labute approximate surface area is 108 Å². The zero-order valence-corrected chi connectivity index (χ0v) is 9.98. The summed E-state index contributed by atoms with van der Waals surface area (Å²) in [5.74, 6) is -0.538. The molecule has 0 aliphatic carbocycles. The highest BCUT2D eigenvalue weighted by Gasteiger charge is 2.31. The summed E-state index contributed by atoms with van der Waals surface area (Å²) in [5.41, 5.74) is 0.695. The van der Waals surface area contributed by atoms with Crippen LogP contribution in [0.25, 0.3) is 0 Å². The standard InChI is InChI=1S/C13H12F3NO2/c14-13(15,16)19-11-5-3-9(4-6-11)12-10(8-17)2-1-7-18-12/h3-6,10,12H,1-2,7H2. The second-order valence-electron chi connectivity index (χ2n) is 4.29. The maximum Gasteiger partial charge on any atom is 0.573 e. The molecule has 2 atom stereocenters. The topological polar surface area (TPSA) is 42.2 Å². The average Bonchev–Trinajstić information content (AvgIpc) is 2.38. The van der Waals surface area contributed by atoms with E-state index in [4.69, 9.17) is 10.00 Å². The zero-order valence-electron chi connectivity index (χ0n) is 9.98. The lowest BCUT2D eigenvalue weighted by Gasteiger charge is -2.27. The minimum Gasteiger partial charge on any atom is -0.406 e. The highest BCUT2D eigenvalue weighted by molar-refractivity contribution is 5.30. The molecule has 0 radical (unpaired) electrons. The molecule has 0 aromatic heterocycles. The molecular weight excluding hydrogens is 259 g/mol. The lowest BCUT2D eigenvalue weighted by Crippen LogP contribution is -2.21. The van der Waals surface area contributed by atoms with E-state index in [0.717, 1.165) is 12.8 Å². The van der Waals surface area contributed by atoms with Crippen LogP contribution in [0.2, 0.25) is 0 Å². The van der Waals surface area contributed by atoms with Crippen LogP contribution in [-0.4, -0.2) is 13.0 Å². The molecule has 19 heavy (non-hydrogen) atoms. The van der Waals surface area contributed by atoms with Gasteiger partial charge in [-0.3, -0.25) is 0 Å².